The summed E-state index contributed by atoms with van der Waals surface area (Å²) >= 11 is 0. The Balaban J connectivity index is 1.86. The van der Waals surface area contributed by atoms with Gasteiger partial charge in [0, 0.05) is 18.8 Å². The first kappa shape index (κ1) is 13.1. The molecule has 5 heteroatoms. The van der Waals surface area contributed by atoms with Crippen LogP contribution in [0.3, 0.4) is 0 Å². The Morgan fingerprint density at radius 2 is 2.00 bits per heavy atom. The third-order valence-electron chi connectivity index (χ3n) is 3.11. The van der Waals surface area contributed by atoms with Gasteiger partial charge in [-0.05, 0) is 37.8 Å². The molecule has 0 radical (unpaired) electrons. The second-order valence-electron chi connectivity index (χ2n) is 4.56. The van der Waals surface area contributed by atoms with Gasteiger partial charge in [-0.1, -0.05) is 0 Å². The number of nitrogens with one attached hydrogen (secondary N) is 1. The molecule has 1 aliphatic rings. The molecule has 0 aromatic heterocycles. The lowest BCUT2D eigenvalue weighted by atomic mass is 10.1. The van der Waals surface area contributed by atoms with Crippen LogP contribution in [0.2, 0.25) is 0 Å². The van der Waals surface area contributed by atoms with E-state index >= 15 is 0 Å². The molecule has 18 heavy (non-hydrogen) atoms. The molecular weight excluding hydrogens is 238 g/mol. The maximum absolute atomic E-state index is 13.5. The van der Waals surface area contributed by atoms with E-state index in [1.54, 1.807) is 0 Å². The number of benzene rings is 1. The SMILES string of the molecule is Nc1cc(F)c(NCCC2CCCCO2)c(F)c1. The van der Waals surface area contributed by atoms with Crippen molar-refractivity contribution in [1.82, 2.24) is 0 Å². The predicted octanol–water partition coefficient (Wildman–Crippen LogP) is 2.92. The van der Waals surface area contributed by atoms with Gasteiger partial charge in [0.25, 0.3) is 0 Å². The van der Waals surface area contributed by atoms with Crippen LogP contribution >= 0.6 is 0 Å². The summed E-state index contributed by atoms with van der Waals surface area (Å²) in [5.74, 6) is -1.31. The summed E-state index contributed by atoms with van der Waals surface area (Å²) < 4.78 is 32.5. The Bertz CT molecular complexity index is 383. The van der Waals surface area contributed by atoms with Crippen molar-refractivity contribution in [2.45, 2.75) is 31.8 Å². The number of halogens is 2. The van der Waals surface area contributed by atoms with Gasteiger partial charge in [0.1, 0.15) is 5.69 Å². The molecule has 3 nitrogen and oxygen atoms in total. The van der Waals surface area contributed by atoms with Crippen LogP contribution in [0, 0.1) is 11.6 Å². The number of hydrogen-bond acceptors (Lipinski definition) is 3. The summed E-state index contributed by atoms with van der Waals surface area (Å²) in [6.07, 6.45) is 4.24. The van der Waals surface area contributed by atoms with Crippen LogP contribution in [0.15, 0.2) is 12.1 Å². The molecule has 1 aromatic rings. The Labute approximate surface area is 105 Å². The molecule has 100 valence electrons. The average molecular weight is 256 g/mol. The second-order valence-corrected chi connectivity index (χ2v) is 4.56. The molecule has 3 N–H and O–H groups in total. The first-order chi connectivity index (χ1) is 8.66. The molecule has 0 spiro atoms. The Hall–Kier alpha value is -1.36. The topological polar surface area (TPSA) is 47.3 Å². The van der Waals surface area contributed by atoms with Crippen molar-refractivity contribution < 1.29 is 13.5 Å². The first-order valence-corrected chi connectivity index (χ1v) is 6.27. The molecule has 2 rings (SSSR count). The van der Waals surface area contributed by atoms with Gasteiger partial charge in [-0.3, -0.25) is 0 Å². The van der Waals surface area contributed by atoms with E-state index in [0.717, 1.165) is 44.4 Å². The molecule has 1 heterocycles. The fourth-order valence-corrected chi connectivity index (χ4v) is 2.15. The second kappa shape index (κ2) is 6.00. The van der Waals surface area contributed by atoms with Crippen LogP contribution in [0.5, 0.6) is 0 Å². The number of ether oxygens (including phenoxy) is 1. The summed E-state index contributed by atoms with van der Waals surface area (Å²) in [4.78, 5) is 0. The van der Waals surface area contributed by atoms with E-state index in [1.807, 2.05) is 0 Å². The molecule has 1 saturated heterocycles. The van der Waals surface area contributed by atoms with Crippen molar-refractivity contribution in [3.63, 3.8) is 0 Å². The van der Waals surface area contributed by atoms with Gasteiger partial charge in [0.05, 0.1) is 6.10 Å². The van der Waals surface area contributed by atoms with Gasteiger partial charge in [0.2, 0.25) is 0 Å². The molecule has 0 bridgehead atoms. The van der Waals surface area contributed by atoms with Crippen molar-refractivity contribution in [1.29, 1.82) is 0 Å². The Kier molecular flexibility index (Phi) is 4.36. The molecule has 1 fully saturated rings. The van der Waals surface area contributed by atoms with Crippen LogP contribution < -0.4 is 11.1 Å². The molecule has 0 saturated carbocycles. The fourth-order valence-electron chi connectivity index (χ4n) is 2.15. The van der Waals surface area contributed by atoms with Crippen LogP contribution in [0.25, 0.3) is 0 Å². The van der Waals surface area contributed by atoms with Crippen LogP contribution in [0.1, 0.15) is 25.7 Å². The van der Waals surface area contributed by atoms with Crippen LogP contribution in [-0.2, 0) is 4.74 Å². The monoisotopic (exact) mass is 256 g/mol. The first-order valence-electron chi connectivity index (χ1n) is 6.27. The minimum absolute atomic E-state index is 0.0890. The number of nitrogen functional groups attached to an aromatic ring is 1. The minimum atomic E-state index is -0.655. The average Bonchev–Trinajstić information content (AvgIpc) is 2.34. The van der Waals surface area contributed by atoms with Gasteiger partial charge in [-0.25, -0.2) is 8.78 Å². The molecule has 1 unspecified atom stereocenters. The highest BCUT2D eigenvalue weighted by Crippen LogP contribution is 2.22. The van der Waals surface area contributed by atoms with E-state index in [9.17, 15) is 8.78 Å². The maximum Gasteiger partial charge on any atom is 0.151 e. The third kappa shape index (κ3) is 3.32. The van der Waals surface area contributed by atoms with Gasteiger partial charge >= 0.3 is 0 Å². The zero-order chi connectivity index (χ0) is 13.0. The molecule has 0 aliphatic carbocycles. The quantitative estimate of drug-likeness (QED) is 0.814. The largest absolute Gasteiger partial charge is 0.399 e. The zero-order valence-electron chi connectivity index (χ0n) is 10.2. The van der Waals surface area contributed by atoms with Crippen molar-refractivity contribution in [2.24, 2.45) is 0 Å². The van der Waals surface area contributed by atoms with Crippen molar-refractivity contribution in [3.8, 4) is 0 Å². The number of hydrogen-bond donors (Lipinski definition) is 2. The Morgan fingerprint density at radius 3 is 2.61 bits per heavy atom. The maximum atomic E-state index is 13.5. The van der Waals surface area contributed by atoms with E-state index in [4.69, 9.17) is 10.5 Å². The van der Waals surface area contributed by atoms with E-state index in [-0.39, 0.29) is 17.5 Å². The molecule has 1 atom stereocenters. The van der Waals surface area contributed by atoms with Crippen molar-refractivity contribution >= 4 is 11.4 Å². The molecule has 0 amide bonds. The van der Waals surface area contributed by atoms with Gasteiger partial charge < -0.3 is 15.8 Å². The number of nitrogens with two attached hydrogens (primary N) is 1. The zero-order valence-corrected chi connectivity index (χ0v) is 10.2. The smallest absolute Gasteiger partial charge is 0.151 e. The highest BCUT2D eigenvalue weighted by molar-refractivity contribution is 5.53. The Morgan fingerprint density at radius 1 is 1.28 bits per heavy atom. The van der Waals surface area contributed by atoms with E-state index in [2.05, 4.69) is 5.32 Å². The highest BCUT2D eigenvalue weighted by Gasteiger charge is 2.14. The van der Waals surface area contributed by atoms with E-state index < -0.39 is 11.6 Å². The van der Waals surface area contributed by atoms with Gasteiger partial charge in [0.15, 0.2) is 11.6 Å². The lowest BCUT2D eigenvalue weighted by Gasteiger charge is -2.22. The van der Waals surface area contributed by atoms with E-state index in [1.165, 1.54) is 0 Å². The summed E-state index contributed by atoms with van der Waals surface area (Å²) in [6, 6.07) is 2.23. The summed E-state index contributed by atoms with van der Waals surface area (Å²) in [7, 11) is 0. The standard InChI is InChI=1S/C13H18F2N2O/c14-11-7-9(16)8-12(15)13(11)17-5-4-10-3-1-2-6-18-10/h7-8,10,17H,1-6,16H2. The minimum Gasteiger partial charge on any atom is -0.399 e. The van der Waals surface area contributed by atoms with Crippen molar-refractivity contribution in [2.75, 3.05) is 24.2 Å². The third-order valence-corrected chi connectivity index (χ3v) is 3.11. The molecular formula is C13H18F2N2O. The normalized spacial score (nSPS) is 19.8. The lowest BCUT2D eigenvalue weighted by molar-refractivity contribution is 0.0134. The summed E-state index contributed by atoms with van der Waals surface area (Å²) in [6.45, 7) is 1.28. The highest BCUT2D eigenvalue weighted by atomic mass is 19.1. The van der Waals surface area contributed by atoms with Crippen molar-refractivity contribution in [3.05, 3.63) is 23.8 Å². The van der Waals surface area contributed by atoms with E-state index in [0.29, 0.717) is 6.54 Å². The summed E-state index contributed by atoms with van der Waals surface area (Å²) in [5.41, 5.74) is 5.32. The van der Waals surface area contributed by atoms with Gasteiger partial charge in [-0.2, -0.15) is 0 Å². The molecule has 1 aromatic carbocycles. The predicted molar refractivity (Wildman–Crippen MR) is 67.5 cm³/mol. The number of anilines is 2. The number of rotatable bonds is 4. The fraction of sp³-hybridized carbons (Fsp3) is 0.538. The molecule has 1 aliphatic heterocycles. The van der Waals surface area contributed by atoms with Crippen LogP contribution in [-0.4, -0.2) is 19.3 Å². The summed E-state index contributed by atoms with van der Waals surface area (Å²) in [5, 5.41) is 2.77. The van der Waals surface area contributed by atoms with Crippen LogP contribution in [0.4, 0.5) is 20.2 Å². The van der Waals surface area contributed by atoms with Gasteiger partial charge in [-0.15, -0.1) is 0 Å². The lowest BCUT2D eigenvalue weighted by Crippen LogP contribution is -2.22.